The number of carbonyl (C=O) groups excluding carboxylic acids is 1. The molecule has 0 unspecified atom stereocenters. The van der Waals surface area contributed by atoms with E-state index in [0.717, 1.165) is 0 Å². The van der Waals surface area contributed by atoms with E-state index < -0.39 is 5.92 Å². The third-order valence-corrected chi connectivity index (χ3v) is 4.72. The largest absolute Gasteiger partial charge is 0.444 e. The number of carbonyl (C=O) groups is 1. The first kappa shape index (κ1) is 16.1. The van der Waals surface area contributed by atoms with Crippen molar-refractivity contribution in [2.75, 3.05) is 0 Å². The van der Waals surface area contributed by atoms with Gasteiger partial charge in [0.2, 0.25) is 5.88 Å². The van der Waals surface area contributed by atoms with Crippen LogP contribution >= 0.6 is 0 Å². The van der Waals surface area contributed by atoms with Gasteiger partial charge in [-0.1, -0.05) is 0 Å². The van der Waals surface area contributed by atoms with E-state index in [9.17, 15) is 14.4 Å². The number of nitrogens with one attached hydrogen (secondary N) is 1. The summed E-state index contributed by atoms with van der Waals surface area (Å²) >= 11 is 0. The molecule has 130 valence electrons. The molecule has 0 radical (unpaired) electrons. The van der Waals surface area contributed by atoms with Crippen LogP contribution in [-0.2, 0) is 9.53 Å². The average molecular weight is 350 g/mol. The van der Waals surface area contributed by atoms with Crippen LogP contribution in [-0.4, -0.2) is 16.0 Å². The van der Waals surface area contributed by atoms with Gasteiger partial charge in [0.1, 0.15) is 23.2 Å². The molecule has 0 saturated carbocycles. The summed E-state index contributed by atoms with van der Waals surface area (Å²) in [6.45, 7) is 0. The zero-order valence-electron chi connectivity index (χ0n) is 13.8. The summed E-state index contributed by atoms with van der Waals surface area (Å²) in [7, 11) is 0. The number of allylic oxidation sites excluding steroid dienone is 3. The number of halogens is 1. The molecule has 2 heterocycles. The van der Waals surface area contributed by atoms with E-state index in [4.69, 9.17) is 10.5 Å². The number of Topliss-reactive ketones (excluding diaryl/α,β-unsaturated/α-hetero) is 1. The predicted octanol–water partition coefficient (Wildman–Crippen LogP) is 3.03. The lowest BCUT2D eigenvalue weighted by atomic mass is 9.77. The van der Waals surface area contributed by atoms with Gasteiger partial charge in [-0.2, -0.15) is 10.4 Å². The number of hydrogen-bond donors (Lipinski definition) is 2. The van der Waals surface area contributed by atoms with Crippen molar-refractivity contribution in [3.8, 4) is 17.3 Å². The van der Waals surface area contributed by atoms with Crippen molar-refractivity contribution in [1.29, 1.82) is 5.26 Å². The molecule has 7 heteroatoms. The Balaban J connectivity index is 1.90. The van der Waals surface area contributed by atoms with E-state index in [1.54, 1.807) is 18.3 Å². The molecular formula is C19H15FN4O2. The van der Waals surface area contributed by atoms with Crippen LogP contribution in [0.4, 0.5) is 4.39 Å². The van der Waals surface area contributed by atoms with Crippen LogP contribution in [0, 0.1) is 17.1 Å². The smallest absolute Gasteiger partial charge is 0.205 e. The van der Waals surface area contributed by atoms with Crippen molar-refractivity contribution in [1.82, 2.24) is 10.2 Å². The lowest BCUT2D eigenvalue weighted by Gasteiger charge is -2.30. The number of aromatic nitrogens is 2. The van der Waals surface area contributed by atoms with Crippen LogP contribution in [0.5, 0.6) is 0 Å². The number of hydrogen-bond acceptors (Lipinski definition) is 5. The van der Waals surface area contributed by atoms with Crippen molar-refractivity contribution in [3.05, 3.63) is 64.6 Å². The summed E-state index contributed by atoms with van der Waals surface area (Å²) < 4.78 is 18.8. The Hall–Kier alpha value is -3.40. The molecule has 0 spiro atoms. The molecule has 0 saturated heterocycles. The molecule has 2 aromatic rings. The number of nitrogens with zero attached hydrogens (tertiary/aromatic N) is 2. The van der Waals surface area contributed by atoms with Gasteiger partial charge in [-0.3, -0.25) is 9.89 Å². The van der Waals surface area contributed by atoms with Crippen LogP contribution in [0.1, 0.15) is 30.7 Å². The second kappa shape index (κ2) is 6.15. The lowest BCUT2D eigenvalue weighted by Crippen LogP contribution is -2.27. The topological polar surface area (TPSA) is 105 Å². The minimum atomic E-state index is -0.643. The second-order valence-corrected chi connectivity index (χ2v) is 6.25. The van der Waals surface area contributed by atoms with Crippen LogP contribution in [0.25, 0.3) is 11.3 Å². The third kappa shape index (κ3) is 2.47. The number of nitrogens with two attached hydrogens (primary N) is 1. The summed E-state index contributed by atoms with van der Waals surface area (Å²) in [4.78, 5) is 12.6. The Morgan fingerprint density at radius 2 is 2.08 bits per heavy atom. The maximum atomic E-state index is 13.3. The molecule has 1 aliphatic carbocycles. The molecule has 2 aliphatic rings. The molecule has 0 fully saturated rings. The van der Waals surface area contributed by atoms with E-state index in [2.05, 4.69) is 16.3 Å². The number of ether oxygens (including phenoxy) is 1. The van der Waals surface area contributed by atoms with Crippen LogP contribution in [0.15, 0.2) is 53.3 Å². The summed E-state index contributed by atoms with van der Waals surface area (Å²) in [5.41, 5.74) is 8.56. The van der Waals surface area contributed by atoms with Gasteiger partial charge in [0, 0.05) is 29.5 Å². The summed E-state index contributed by atoms with van der Waals surface area (Å²) in [6.07, 6.45) is 3.27. The van der Waals surface area contributed by atoms with Gasteiger partial charge >= 0.3 is 0 Å². The number of ketones is 1. The first-order valence-electron chi connectivity index (χ1n) is 8.23. The fourth-order valence-corrected chi connectivity index (χ4v) is 3.53. The quantitative estimate of drug-likeness (QED) is 0.866. The zero-order chi connectivity index (χ0) is 18.3. The first-order chi connectivity index (χ1) is 12.6. The minimum Gasteiger partial charge on any atom is -0.444 e. The summed E-state index contributed by atoms with van der Waals surface area (Å²) in [5, 5.41) is 16.6. The fraction of sp³-hybridized carbons (Fsp3) is 0.211. The highest BCUT2D eigenvalue weighted by molar-refractivity contribution is 5.99. The summed E-state index contributed by atoms with van der Waals surface area (Å²) in [6, 6.07) is 7.99. The molecule has 26 heavy (non-hydrogen) atoms. The van der Waals surface area contributed by atoms with Gasteiger partial charge in [-0.05, 0) is 30.7 Å². The van der Waals surface area contributed by atoms with Gasteiger partial charge in [-0.25, -0.2) is 4.39 Å². The predicted molar refractivity (Wildman–Crippen MR) is 90.5 cm³/mol. The molecule has 1 atom stereocenters. The minimum absolute atomic E-state index is 0.0113. The Bertz CT molecular complexity index is 995. The zero-order valence-corrected chi connectivity index (χ0v) is 13.8. The molecule has 3 N–H and O–H groups in total. The third-order valence-electron chi connectivity index (χ3n) is 4.72. The molecular weight excluding hydrogens is 335 g/mol. The molecule has 0 amide bonds. The normalized spacial score (nSPS) is 19.8. The van der Waals surface area contributed by atoms with Crippen molar-refractivity contribution in [2.24, 2.45) is 5.73 Å². The lowest BCUT2D eigenvalue weighted by molar-refractivity contribution is -0.116. The Kier molecular flexibility index (Phi) is 3.81. The molecule has 1 aliphatic heterocycles. The van der Waals surface area contributed by atoms with Crippen molar-refractivity contribution < 1.29 is 13.9 Å². The number of rotatable bonds is 2. The van der Waals surface area contributed by atoms with Gasteiger partial charge < -0.3 is 10.5 Å². The van der Waals surface area contributed by atoms with Gasteiger partial charge in [0.15, 0.2) is 5.78 Å². The van der Waals surface area contributed by atoms with Crippen molar-refractivity contribution in [2.45, 2.75) is 25.2 Å². The van der Waals surface area contributed by atoms with E-state index >= 15 is 0 Å². The van der Waals surface area contributed by atoms with Crippen molar-refractivity contribution >= 4 is 5.78 Å². The maximum absolute atomic E-state index is 13.3. The number of nitriles is 1. The van der Waals surface area contributed by atoms with Crippen LogP contribution in [0.2, 0.25) is 0 Å². The summed E-state index contributed by atoms with van der Waals surface area (Å²) in [5.74, 6) is -0.514. The molecule has 1 aromatic carbocycles. The highest BCUT2D eigenvalue weighted by Gasteiger charge is 2.39. The van der Waals surface area contributed by atoms with E-state index in [1.807, 2.05) is 0 Å². The Labute approximate surface area is 148 Å². The molecule has 4 rings (SSSR count). The Morgan fingerprint density at radius 3 is 2.81 bits per heavy atom. The van der Waals surface area contributed by atoms with Gasteiger partial charge in [0.05, 0.1) is 17.8 Å². The highest BCUT2D eigenvalue weighted by Crippen LogP contribution is 2.45. The second-order valence-electron chi connectivity index (χ2n) is 6.25. The maximum Gasteiger partial charge on any atom is 0.205 e. The van der Waals surface area contributed by atoms with E-state index in [1.165, 1.54) is 12.1 Å². The number of H-pyrrole nitrogens is 1. The van der Waals surface area contributed by atoms with Crippen LogP contribution < -0.4 is 5.73 Å². The number of aromatic amines is 1. The SMILES string of the molecule is N#CC1=C(N)OC2=C(C(=O)CCC2)[C@@H]1c1cn[nH]c1-c1ccc(F)cc1. The van der Waals surface area contributed by atoms with E-state index in [-0.39, 0.29) is 23.1 Å². The van der Waals surface area contributed by atoms with Crippen LogP contribution in [0.3, 0.4) is 0 Å². The van der Waals surface area contributed by atoms with Gasteiger partial charge in [-0.15, -0.1) is 0 Å². The van der Waals surface area contributed by atoms with Crippen molar-refractivity contribution in [3.63, 3.8) is 0 Å². The molecule has 1 aromatic heterocycles. The van der Waals surface area contributed by atoms with Gasteiger partial charge in [0.25, 0.3) is 0 Å². The first-order valence-corrected chi connectivity index (χ1v) is 8.23. The molecule has 0 bridgehead atoms. The standard InChI is InChI=1S/C19H15FN4O2/c20-11-6-4-10(5-7-11)18-13(9-23-24-18)16-12(8-21)19(22)26-15-3-1-2-14(25)17(15)16/h4-7,9,16H,1-3,22H2,(H,23,24)/t16-/m0/s1. The number of benzene rings is 1. The highest BCUT2D eigenvalue weighted by atomic mass is 19.1. The Morgan fingerprint density at radius 1 is 1.31 bits per heavy atom. The molecule has 6 nitrogen and oxygen atoms in total. The monoisotopic (exact) mass is 350 g/mol. The fourth-order valence-electron chi connectivity index (χ4n) is 3.53. The average Bonchev–Trinajstić information content (AvgIpc) is 3.10. The van der Waals surface area contributed by atoms with E-state index in [0.29, 0.717) is 47.4 Å².